The summed E-state index contributed by atoms with van der Waals surface area (Å²) < 4.78 is 0. The maximum absolute atomic E-state index is 10.7. The standard InChI is InChI=1S/C9H7BrO3/c10-8(5-11)6-3-1-2-4-7(6)9(12)13/h1-5,8H,(H,12,13). The summed E-state index contributed by atoms with van der Waals surface area (Å²) in [5.74, 6) is -1.03. The van der Waals surface area contributed by atoms with Crippen molar-refractivity contribution in [2.75, 3.05) is 0 Å². The smallest absolute Gasteiger partial charge is 0.336 e. The van der Waals surface area contributed by atoms with Crippen molar-refractivity contribution in [3.63, 3.8) is 0 Å². The fourth-order valence-corrected chi connectivity index (χ4v) is 1.40. The average molecular weight is 243 g/mol. The fraction of sp³-hybridized carbons (Fsp3) is 0.111. The Hall–Kier alpha value is -1.16. The number of halogens is 1. The second kappa shape index (κ2) is 4.18. The quantitative estimate of drug-likeness (QED) is 0.652. The highest BCUT2D eigenvalue weighted by Gasteiger charge is 2.14. The molecule has 3 nitrogen and oxygen atoms in total. The van der Waals surface area contributed by atoms with Crippen molar-refractivity contribution in [1.82, 2.24) is 0 Å². The molecule has 4 heteroatoms. The average Bonchev–Trinajstić information content (AvgIpc) is 2.16. The summed E-state index contributed by atoms with van der Waals surface area (Å²) in [5.41, 5.74) is 0.626. The Morgan fingerprint density at radius 3 is 2.62 bits per heavy atom. The van der Waals surface area contributed by atoms with E-state index in [-0.39, 0.29) is 5.56 Å². The van der Waals surface area contributed by atoms with Crippen molar-refractivity contribution in [3.8, 4) is 0 Å². The van der Waals surface area contributed by atoms with E-state index in [0.29, 0.717) is 11.8 Å². The minimum Gasteiger partial charge on any atom is -0.478 e. The summed E-state index contributed by atoms with van der Waals surface area (Å²) in [6.07, 6.45) is 0.655. The lowest BCUT2D eigenvalue weighted by atomic mass is 10.1. The van der Waals surface area contributed by atoms with Gasteiger partial charge in [-0.1, -0.05) is 34.1 Å². The van der Waals surface area contributed by atoms with Gasteiger partial charge in [0.05, 0.1) is 10.4 Å². The van der Waals surface area contributed by atoms with Crippen LogP contribution in [0.3, 0.4) is 0 Å². The zero-order valence-corrected chi connectivity index (χ0v) is 8.19. The van der Waals surface area contributed by atoms with E-state index >= 15 is 0 Å². The summed E-state index contributed by atoms with van der Waals surface area (Å²) in [5, 5.41) is 8.77. The van der Waals surface area contributed by atoms with Gasteiger partial charge in [0.15, 0.2) is 0 Å². The molecule has 68 valence electrons. The van der Waals surface area contributed by atoms with Crippen LogP contribution in [-0.4, -0.2) is 17.4 Å². The van der Waals surface area contributed by atoms with Gasteiger partial charge in [-0.3, -0.25) is 0 Å². The molecule has 0 bridgehead atoms. The molecule has 0 aliphatic heterocycles. The van der Waals surface area contributed by atoms with Crippen LogP contribution in [0.2, 0.25) is 0 Å². The van der Waals surface area contributed by atoms with Gasteiger partial charge >= 0.3 is 5.97 Å². The molecule has 0 heterocycles. The van der Waals surface area contributed by atoms with Crippen LogP contribution in [0, 0.1) is 0 Å². The SMILES string of the molecule is O=CC(Br)c1ccccc1C(=O)O. The molecule has 0 fully saturated rings. The lowest BCUT2D eigenvalue weighted by Crippen LogP contribution is -2.04. The summed E-state index contributed by atoms with van der Waals surface area (Å²) in [7, 11) is 0. The minimum atomic E-state index is -1.03. The van der Waals surface area contributed by atoms with Gasteiger partial charge in [-0.2, -0.15) is 0 Å². The van der Waals surface area contributed by atoms with Gasteiger partial charge in [0.1, 0.15) is 6.29 Å². The molecule has 0 aromatic heterocycles. The molecule has 1 rings (SSSR count). The lowest BCUT2D eigenvalue weighted by Gasteiger charge is -2.05. The molecule has 1 aromatic rings. The fourth-order valence-electron chi connectivity index (χ4n) is 1.01. The Bertz CT molecular complexity index is 335. The van der Waals surface area contributed by atoms with Crippen LogP contribution >= 0.6 is 15.9 Å². The summed E-state index contributed by atoms with van der Waals surface area (Å²) in [6, 6.07) is 6.39. The van der Waals surface area contributed by atoms with Crippen molar-refractivity contribution in [2.24, 2.45) is 0 Å². The molecular weight excluding hydrogens is 236 g/mol. The van der Waals surface area contributed by atoms with E-state index in [0.717, 1.165) is 0 Å². The Balaban J connectivity index is 3.19. The number of carbonyl (C=O) groups excluding carboxylic acids is 1. The summed E-state index contributed by atoms with van der Waals surface area (Å²) >= 11 is 3.07. The number of carboxylic acids is 1. The van der Waals surface area contributed by atoms with Crippen LogP contribution in [0.5, 0.6) is 0 Å². The van der Waals surface area contributed by atoms with Crippen molar-refractivity contribution < 1.29 is 14.7 Å². The second-order valence-electron chi connectivity index (χ2n) is 2.43. The van der Waals surface area contributed by atoms with Crippen LogP contribution < -0.4 is 0 Å². The van der Waals surface area contributed by atoms with Crippen LogP contribution in [-0.2, 0) is 4.79 Å². The van der Waals surface area contributed by atoms with E-state index in [1.165, 1.54) is 6.07 Å². The maximum atomic E-state index is 10.7. The van der Waals surface area contributed by atoms with E-state index in [4.69, 9.17) is 5.11 Å². The lowest BCUT2D eigenvalue weighted by molar-refractivity contribution is -0.107. The Kier molecular flexibility index (Phi) is 3.19. The van der Waals surface area contributed by atoms with Gasteiger partial charge in [0, 0.05) is 0 Å². The minimum absolute atomic E-state index is 0.150. The van der Waals surface area contributed by atoms with Gasteiger partial charge in [-0.15, -0.1) is 0 Å². The summed E-state index contributed by atoms with van der Waals surface area (Å²) in [4.78, 5) is 20.6. The second-order valence-corrected chi connectivity index (χ2v) is 3.42. The number of carboxylic acid groups (broad SMARTS) is 1. The zero-order valence-electron chi connectivity index (χ0n) is 6.61. The molecule has 0 saturated heterocycles. The number of rotatable bonds is 3. The van der Waals surface area contributed by atoms with E-state index in [9.17, 15) is 9.59 Å². The third-order valence-electron chi connectivity index (χ3n) is 1.61. The van der Waals surface area contributed by atoms with Crippen molar-refractivity contribution in [1.29, 1.82) is 0 Å². The topological polar surface area (TPSA) is 54.4 Å². The molecule has 1 atom stereocenters. The molecule has 13 heavy (non-hydrogen) atoms. The normalized spacial score (nSPS) is 12.1. The van der Waals surface area contributed by atoms with Crippen LogP contribution in [0.1, 0.15) is 20.7 Å². The van der Waals surface area contributed by atoms with E-state index in [1.54, 1.807) is 18.2 Å². The number of hydrogen-bond donors (Lipinski definition) is 1. The van der Waals surface area contributed by atoms with Gasteiger partial charge in [0.2, 0.25) is 0 Å². The van der Waals surface area contributed by atoms with Gasteiger partial charge in [-0.05, 0) is 11.6 Å². The molecular formula is C9H7BrO3. The Labute approximate surface area is 83.5 Å². The number of hydrogen-bond acceptors (Lipinski definition) is 2. The molecule has 0 radical (unpaired) electrons. The molecule has 1 unspecified atom stereocenters. The molecule has 0 aliphatic carbocycles. The van der Waals surface area contributed by atoms with Crippen LogP contribution in [0.4, 0.5) is 0 Å². The number of alkyl halides is 1. The van der Waals surface area contributed by atoms with Crippen molar-refractivity contribution >= 4 is 28.2 Å². The first-order chi connectivity index (χ1) is 6.16. The molecule has 0 aliphatic rings. The first-order valence-electron chi connectivity index (χ1n) is 3.58. The highest BCUT2D eigenvalue weighted by atomic mass is 79.9. The molecule has 1 N–H and O–H groups in total. The van der Waals surface area contributed by atoms with E-state index in [2.05, 4.69) is 15.9 Å². The first-order valence-corrected chi connectivity index (χ1v) is 4.50. The Morgan fingerprint density at radius 2 is 2.08 bits per heavy atom. The van der Waals surface area contributed by atoms with Crippen LogP contribution in [0.15, 0.2) is 24.3 Å². The van der Waals surface area contributed by atoms with Crippen molar-refractivity contribution in [2.45, 2.75) is 4.83 Å². The van der Waals surface area contributed by atoms with Gasteiger partial charge in [-0.25, -0.2) is 4.79 Å². The predicted molar refractivity (Wildman–Crippen MR) is 51.1 cm³/mol. The largest absolute Gasteiger partial charge is 0.478 e. The first kappa shape index (κ1) is 9.92. The molecule has 0 saturated carbocycles. The number of benzene rings is 1. The maximum Gasteiger partial charge on any atom is 0.336 e. The van der Waals surface area contributed by atoms with Gasteiger partial charge in [0.25, 0.3) is 0 Å². The zero-order chi connectivity index (χ0) is 9.84. The molecule has 0 spiro atoms. The number of carbonyl (C=O) groups is 2. The monoisotopic (exact) mass is 242 g/mol. The highest BCUT2D eigenvalue weighted by Crippen LogP contribution is 2.23. The number of aldehydes is 1. The number of aromatic carboxylic acids is 1. The highest BCUT2D eigenvalue weighted by molar-refractivity contribution is 9.09. The summed E-state index contributed by atoms with van der Waals surface area (Å²) in [6.45, 7) is 0. The third kappa shape index (κ3) is 2.15. The van der Waals surface area contributed by atoms with E-state index < -0.39 is 10.8 Å². The third-order valence-corrected chi connectivity index (χ3v) is 2.32. The van der Waals surface area contributed by atoms with Crippen molar-refractivity contribution in [3.05, 3.63) is 35.4 Å². The van der Waals surface area contributed by atoms with E-state index in [1.807, 2.05) is 0 Å². The van der Waals surface area contributed by atoms with Gasteiger partial charge < -0.3 is 9.90 Å². The Morgan fingerprint density at radius 1 is 1.46 bits per heavy atom. The predicted octanol–water partition coefficient (Wildman–Crippen LogP) is 2.02. The molecule has 1 aromatic carbocycles. The molecule has 0 amide bonds. The van der Waals surface area contributed by atoms with Crippen LogP contribution in [0.25, 0.3) is 0 Å².